The highest BCUT2D eigenvalue weighted by Crippen LogP contribution is 2.11. The Morgan fingerprint density at radius 1 is 1.23 bits per heavy atom. The average molecular weight is 300 g/mol. The second-order valence-electron chi connectivity index (χ2n) is 5.17. The second kappa shape index (κ2) is 7.75. The standard InChI is InChI=1S/C17H24N4O/c1-4-20(5-2)12-10-19-17(22)15-6-8-16(9-7-15)21-13-11-18-14(21)3/h6-9,11,13H,4-5,10,12H2,1-3H3,(H,19,22). The van der Waals surface area contributed by atoms with Crippen LogP contribution in [0.25, 0.3) is 5.69 Å². The highest BCUT2D eigenvalue weighted by molar-refractivity contribution is 5.94. The van der Waals surface area contributed by atoms with E-state index in [9.17, 15) is 4.79 Å². The first-order chi connectivity index (χ1) is 10.7. The van der Waals surface area contributed by atoms with Gasteiger partial charge in [-0.15, -0.1) is 0 Å². The Bertz CT molecular complexity index is 599. The normalized spacial score (nSPS) is 10.9. The molecule has 0 bridgehead atoms. The Balaban J connectivity index is 1.93. The van der Waals surface area contributed by atoms with Crippen molar-refractivity contribution in [3.8, 4) is 5.69 Å². The van der Waals surface area contributed by atoms with E-state index in [0.29, 0.717) is 12.1 Å². The fourth-order valence-electron chi connectivity index (χ4n) is 2.39. The number of aryl methyl sites for hydroxylation is 1. The van der Waals surface area contributed by atoms with Crippen LogP contribution in [0.3, 0.4) is 0 Å². The lowest BCUT2D eigenvalue weighted by atomic mass is 10.2. The topological polar surface area (TPSA) is 50.2 Å². The minimum Gasteiger partial charge on any atom is -0.351 e. The zero-order valence-corrected chi connectivity index (χ0v) is 13.5. The summed E-state index contributed by atoms with van der Waals surface area (Å²) < 4.78 is 1.99. The van der Waals surface area contributed by atoms with Crippen molar-refractivity contribution < 1.29 is 4.79 Å². The first-order valence-electron chi connectivity index (χ1n) is 7.76. The molecular formula is C17H24N4O. The Morgan fingerprint density at radius 2 is 1.91 bits per heavy atom. The lowest BCUT2D eigenvalue weighted by Gasteiger charge is -2.18. The highest BCUT2D eigenvalue weighted by atomic mass is 16.1. The van der Waals surface area contributed by atoms with Crippen LogP contribution in [0.1, 0.15) is 30.0 Å². The molecule has 0 saturated heterocycles. The second-order valence-corrected chi connectivity index (χ2v) is 5.17. The van der Waals surface area contributed by atoms with Crippen molar-refractivity contribution in [1.29, 1.82) is 0 Å². The minimum absolute atomic E-state index is 0.0268. The van der Waals surface area contributed by atoms with Crippen LogP contribution < -0.4 is 5.32 Å². The zero-order valence-electron chi connectivity index (χ0n) is 13.5. The summed E-state index contributed by atoms with van der Waals surface area (Å²) in [4.78, 5) is 18.6. The summed E-state index contributed by atoms with van der Waals surface area (Å²) in [5, 5.41) is 2.96. The quantitative estimate of drug-likeness (QED) is 0.853. The molecule has 2 rings (SSSR count). The fraction of sp³-hybridized carbons (Fsp3) is 0.412. The molecule has 1 heterocycles. The number of imidazole rings is 1. The maximum absolute atomic E-state index is 12.1. The number of amides is 1. The molecule has 0 atom stereocenters. The van der Waals surface area contributed by atoms with E-state index < -0.39 is 0 Å². The minimum atomic E-state index is -0.0268. The molecule has 5 nitrogen and oxygen atoms in total. The van der Waals surface area contributed by atoms with Crippen LogP contribution in [0.4, 0.5) is 0 Å². The molecule has 1 amide bonds. The summed E-state index contributed by atoms with van der Waals surface area (Å²) in [6, 6.07) is 7.57. The van der Waals surface area contributed by atoms with Gasteiger partial charge >= 0.3 is 0 Å². The molecule has 0 spiro atoms. The summed E-state index contributed by atoms with van der Waals surface area (Å²) in [6.07, 6.45) is 3.68. The van der Waals surface area contributed by atoms with Crippen LogP contribution >= 0.6 is 0 Å². The van der Waals surface area contributed by atoms with Crippen LogP contribution in [-0.2, 0) is 0 Å². The predicted octanol–water partition coefficient (Wildman–Crippen LogP) is 2.25. The van der Waals surface area contributed by atoms with Crippen LogP contribution in [-0.4, -0.2) is 46.5 Å². The lowest BCUT2D eigenvalue weighted by molar-refractivity contribution is 0.0949. The number of hydrogen-bond acceptors (Lipinski definition) is 3. The van der Waals surface area contributed by atoms with E-state index in [1.165, 1.54) is 0 Å². The van der Waals surface area contributed by atoms with Gasteiger partial charge in [-0.3, -0.25) is 4.79 Å². The molecule has 5 heteroatoms. The van der Waals surface area contributed by atoms with E-state index in [0.717, 1.165) is 31.1 Å². The van der Waals surface area contributed by atoms with E-state index in [-0.39, 0.29) is 5.91 Å². The third-order valence-corrected chi connectivity index (χ3v) is 3.84. The van der Waals surface area contributed by atoms with E-state index in [2.05, 4.69) is 29.0 Å². The largest absolute Gasteiger partial charge is 0.351 e. The van der Waals surface area contributed by atoms with Crippen LogP contribution in [0.2, 0.25) is 0 Å². The number of likely N-dealkylation sites (N-methyl/N-ethyl adjacent to an activating group) is 1. The van der Waals surface area contributed by atoms with Crippen LogP contribution in [0.5, 0.6) is 0 Å². The maximum Gasteiger partial charge on any atom is 0.251 e. The van der Waals surface area contributed by atoms with E-state index in [1.54, 1.807) is 6.20 Å². The van der Waals surface area contributed by atoms with Crippen molar-refractivity contribution in [3.63, 3.8) is 0 Å². The average Bonchev–Trinajstić information content (AvgIpc) is 2.97. The summed E-state index contributed by atoms with van der Waals surface area (Å²) in [7, 11) is 0. The van der Waals surface area contributed by atoms with Gasteiger partial charge in [0.1, 0.15) is 5.82 Å². The highest BCUT2D eigenvalue weighted by Gasteiger charge is 2.07. The van der Waals surface area contributed by atoms with Gasteiger partial charge in [-0.2, -0.15) is 0 Å². The van der Waals surface area contributed by atoms with Gasteiger partial charge < -0.3 is 14.8 Å². The van der Waals surface area contributed by atoms with Gasteiger partial charge in [-0.1, -0.05) is 13.8 Å². The Hall–Kier alpha value is -2.14. The predicted molar refractivity (Wildman–Crippen MR) is 88.4 cm³/mol. The Kier molecular flexibility index (Phi) is 5.72. The smallest absolute Gasteiger partial charge is 0.251 e. The van der Waals surface area contributed by atoms with Crippen molar-refractivity contribution in [1.82, 2.24) is 19.8 Å². The number of nitrogens with one attached hydrogen (secondary N) is 1. The number of aromatic nitrogens is 2. The molecule has 0 saturated carbocycles. The zero-order chi connectivity index (χ0) is 15.9. The fourth-order valence-corrected chi connectivity index (χ4v) is 2.39. The third kappa shape index (κ3) is 3.95. The number of hydrogen-bond donors (Lipinski definition) is 1. The molecular weight excluding hydrogens is 276 g/mol. The van der Waals surface area contributed by atoms with Crippen molar-refractivity contribution in [2.45, 2.75) is 20.8 Å². The monoisotopic (exact) mass is 300 g/mol. The van der Waals surface area contributed by atoms with Crippen molar-refractivity contribution in [2.24, 2.45) is 0 Å². The lowest BCUT2D eigenvalue weighted by Crippen LogP contribution is -2.34. The van der Waals surface area contributed by atoms with Gasteiger partial charge in [0.2, 0.25) is 0 Å². The molecule has 22 heavy (non-hydrogen) atoms. The number of carbonyl (C=O) groups is 1. The molecule has 2 aromatic rings. The van der Waals surface area contributed by atoms with Crippen LogP contribution in [0, 0.1) is 6.92 Å². The maximum atomic E-state index is 12.1. The number of carbonyl (C=O) groups excluding carboxylic acids is 1. The van der Waals surface area contributed by atoms with Gasteiger partial charge in [0.25, 0.3) is 5.91 Å². The van der Waals surface area contributed by atoms with E-state index in [4.69, 9.17) is 0 Å². The SMILES string of the molecule is CCN(CC)CCNC(=O)c1ccc(-n2ccnc2C)cc1. The van der Waals surface area contributed by atoms with Crippen molar-refractivity contribution in [2.75, 3.05) is 26.2 Å². The van der Waals surface area contributed by atoms with Gasteiger partial charge in [-0.25, -0.2) is 4.98 Å². The van der Waals surface area contributed by atoms with E-state index in [1.807, 2.05) is 42.0 Å². The molecule has 1 aromatic heterocycles. The van der Waals surface area contributed by atoms with E-state index >= 15 is 0 Å². The molecule has 0 fully saturated rings. The molecule has 0 aliphatic heterocycles. The van der Waals surface area contributed by atoms with Crippen LogP contribution in [0.15, 0.2) is 36.7 Å². The van der Waals surface area contributed by atoms with Gasteiger partial charge in [-0.05, 0) is 44.3 Å². The number of rotatable bonds is 7. The molecule has 118 valence electrons. The van der Waals surface area contributed by atoms with Crippen molar-refractivity contribution >= 4 is 5.91 Å². The van der Waals surface area contributed by atoms with Gasteiger partial charge in [0.05, 0.1) is 0 Å². The summed E-state index contributed by atoms with van der Waals surface area (Å²) >= 11 is 0. The molecule has 1 N–H and O–H groups in total. The molecule has 0 aliphatic carbocycles. The first kappa shape index (κ1) is 16.2. The van der Waals surface area contributed by atoms with Gasteiger partial charge in [0.15, 0.2) is 0 Å². The summed E-state index contributed by atoms with van der Waals surface area (Å²) in [5.74, 6) is 0.900. The first-order valence-corrected chi connectivity index (χ1v) is 7.76. The third-order valence-electron chi connectivity index (χ3n) is 3.84. The summed E-state index contributed by atoms with van der Waals surface area (Å²) in [5.41, 5.74) is 1.69. The van der Waals surface area contributed by atoms with Gasteiger partial charge in [0, 0.05) is 36.7 Å². The number of nitrogens with zero attached hydrogens (tertiary/aromatic N) is 3. The summed E-state index contributed by atoms with van der Waals surface area (Å²) in [6.45, 7) is 9.77. The molecule has 0 radical (unpaired) electrons. The Labute approximate surface area is 132 Å². The molecule has 1 aromatic carbocycles. The Morgan fingerprint density at radius 3 is 2.45 bits per heavy atom. The molecule has 0 unspecified atom stereocenters. The number of benzene rings is 1. The molecule has 0 aliphatic rings. The van der Waals surface area contributed by atoms with Crippen molar-refractivity contribution in [3.05, 3.63) is 48.0 Å².